The van der Waals surface area contributed by atoms with E-state index in [4.69, 9.17) is 0 Å². The molecule has 1 aliphatic heterocycles. The molecule has 2 aromatic carbocycles. The van der Waals surface area contributed by atoms with Crippen molar-refractivity contribution in [3.05, 3.63) is 71.8 Å². The number of hydrogen-bond acceptors (Lipinski definition) is 3. The standard InChI is InChI=1S/C21H24N2O3S/c24-20(21(11-12-21)19-9-5-2-6-10-19)22-13-15-23(16-14-22)27(25,26)17-18-7-3-1-4-8-18/h1-10H,11-17H2. The van der Waals surface area contributed by atoms with Crippen LogP contribution >= 0.6 is 0 Å². The van der Waals surface area contributed by atoms with Gasteiger partial charge in [0, 0.05) is 26.2 Å². The molecule has 4 rings (SSSR count). The summed E-state index contributed by atoms with van der Waals surface area (Å²) >= 11 is 0. The molecule has 2 fully saturated rings. The lowest BCUT2D eigenvalue weighted by molar-refractivity contribution is -0.135. The Kier molecular flexibility index (Phi) is 4.78. The van der Waals surface area contributed by atoms with Crippen molar-refractivity contribution in [2.45, 2.75) is 24.0 Å². The normalized spacial score (nSPS) is 19.6. The van der Waals surface area contributed by atoms with E-state index in [1.165, 1.54) is 4.31 Å². The Hall–Kier alpha value is -2.18. The predicted octanol–water partition coefficient (Wildman–Crippen LogP) is 2.39. The van der Waals surface area contributed by atoms with E-state index in [0.29, 0.717) is 26.2 Å². The van der Waals surface area contributed by atoms with Crippen molar-refractivity contribution in [2.75, 3.05) is 26.2 Å². The van der Waals surface area contributed by atoms with Gasteiger partial charge < -0.3 is 4.90 Å². The highest BCUT2D eigenvalue weighted by Crippen LogP contribution is 2.49. The summed E-state index contributed by atoms with van der Waals surface area (Å²) in [7, 11) is -3.36. The highest BCUT2D eigenvalue weighted by atomic mass is 32.2. The molecule has 0 unspecified atom stereocenters. The summed E-state index contributed by atoms with van der Waals surface area (Å²) in [5.41, 5.74) is 1.48. The van der Waals surface area contributed by atoms with Gasteiger partial charge in [-0.2, -0.15) is 4.31 Å². The molecule has 1 amide bonds. The van der Waals surface area contributed by atoms with Crippen molar-refractivity contribution < 1.29 is 13.2 Å². The molecule has 2 aliphatic rings. The molecule has 0 bridgehead atoms. The van der Waals surface area contributed by atoms with Crippen LogP contribution in [0.25, 0.3) is 0 Å². The molecule has 0 spiro atoms. The first-order valence-electron chi connectivity index (χ1n) is 9.38. The fourth-order valence-corrected chi connectivity index (χ4v) is 5.37. The van der Waals surface area contributed by atoms with Gasteiger partial charge in [-0.1, -0.05) is 60.7 Å². The maximum Gasteiger partial charge on any atom is 0.233 e. The summed E-state index contributed by atoms with van der Waals surface area (Å²) < 4.78 is 26.9. The molecule has 0 aromatic heterocycles. The molecule has 5 nitrogen and oxygen atoms in total. The number of benzene rings is 2. The zero-order valence-electron chi connectivity index (χ0n) is 15.3. The number of nitrogens with zero attached hydrogens (tertiary/aromatic N) is 2. The van der Waals surface area contributed by atoms with E-state index in [-0.39, 0.29) is 17.1 Å². The Bertz CT molecular complexity index is 901. The van der Waals surface area contributed by atoms with Crippen LogP contribution in [0, 0.1) is 0 Å². The van der Waals surface area contributed by atoms with E-state index in [1.807, 2.05) is 65.6 Å². The molecule has 0 atom stereocenters. The molecule has 6 heteroatoms. The average molecular weight is 385 g/mol. The Morgan fingerprint density at radius 3 is 1.96 bits per heavy atom. The number of sulfonamides is 1. The van der Waals surface area contributed by atoms with Crippen LogP contribution in [0.5, 0.6) is 0 Å². The van der Waals surface area contributed by atoms with E-state index in [1.54, 1.807) is 0 Å². The van der Waals surface area contributed by atoms with E-state index < -0.39 is 10.0 Å². The summed E-state index contributed by atoms with van der Waals surface area (Å²) in [5.74, 6) is 0.157. The van der Waals surface area contributed by atoms with Crippen molar-refractivity contribution in [3.63, 3.8) is 0 Å². The van der Waals surface area contributed by atoms with Crippen LogP contribution in [-0.2, 0) is 26.0 Å². The number of piperazine rings is 1. The number of rotatable bonds is 5. The summed E-state index contributed by atoms with van der Waals surface area (Å²) in [5, 5.41) is 0. The predicted molar refractivity (Wildman–Crippen MR) is 105 cm³/mol. The van der Waals surface area contributed by atoms with Crippen LogP contribution in [0.15, 0.2) is 60.7 Å². The highest BCUT2D eigenvalue weighted by Gasteiger charge is 2.53. The van der Waals surface area contributed by atoms with Gasteiger partial charge in [-0.3, -0.25) is 4.79 Å². The van der Waals surface area contributed by atoms with Crippen molar-refractivity contribution in [1.82, 2.24) is 9.21 Å². The number of hydrogen-bond donors (Lipinski definition) is 0. The third kappa shape index (κ3) is 3.64. The fourth-order valence-electron chi connectivity index (χ4n) is 3.86. The molecule has 1 aliphatic carbocycles. The Morgan fingerprint density at radius 1 is 0.852 bits per heavy atom. The highest BCUT2D eigenvalue weighted by molar-refractivity contribution is 7.88. The first kappa shape index (κ1) is 18.2. The zero-order chi connectivity index (χ0) is 18.9. The third-order valence-electron chi connectivity index (χ3n) is 5.60. The van der Waals surface area contributed by atoms with Crippen molar-refractivity contribution >= 4 is 15.9 Å². The second-order valence-electron chi connectivity index (χ2n) is 7.38. The van der Waals surface area contributed by atoms with E-state index in [2.05, 4.69) is 0 Å². The lowest BCUT2D eigenvalue weighted by atomic mass is 9.94. The summed E-state index contributed by atoms with van der Waals surface area (Å²) in [4.78, 5) is 14.9. The van der Waals surface area contributed by atoms with Gasteiger partial charge in [-0.05, 0) is 24.0 Å². The fraction of sp³-hybridized carbons (Fsp3) is 0.381. The Morgan fingerprint density at radius 2 is 1.41 bits per heavy atom. The molecule has 0 radical (unpaired) electrons. The molecule has 142 valence electrons. The molecule has 1 saturated carbocycles. The van der Waals surface area contributed by atoms with E-state index in [0.717, 1.165) is 24.0 Å². The molecule has 0 N–H and O–H groups in total. The molecule has 27 heavy (non-hydrogen) atoms. The van der Waals surface area contributed by atoms with Gasteiger partial charge in [0.25, 0.3) is 0 Å². The molecular weight excluding hydrogens is 360 g/mol. The molecular formula is C21H24N2O3S. The summed E-state index contributed by atoms with van der Waals surface area (Å²) in [6.45, 7) is 1.65. The lowest BCUT2D eigenvalue weighted by Gasteiger charge is -2.36. The van der Waals surface area contributed by atoms with Gasteiger partial charge in [0.05, 0.1) is 11.2 Å². The van der Waals surface area contributed by atoms with Crippen LogP contribution in [-0.4, -0.2) is 49.7 Å². The maximum atomic E-state index is 13.1. The molecule has 1 heterocycles. The minimum atomic E-state index is -3.36. The van der Waals surface area contributed by atoms with Gasteiger partial charge in [0.1, 0.15) is 0 Å². The second-order valence-corrected chi connectivity index (χ2v) is 9.35. The minimum Gasteiger partial charge on any atom is -0.339 e. The molecule has 2 aromatic rings. The van der Waals surface area contributed by atoms with Crippen LogP contribution in [0.3, 0.4) is 0 Å². The number of carbonyl (C=O) groups is 1. The largest absolute Gasteiger partial charge is 0.339 e. The van der Waals surface area contributed by atoms with E-state index >= 15 is 0 Å². The quantitative estimate of drug-likeness (QED) is 0.795. The van der Waals surface area contributed by atoms with Crippen LogP contribution in [0.2, 0.25) is 0 Å². The smallest absolute Gasteiger partial charge is 0.233 e. The Labute approximate surface area is 160 Å². The van der Waals surface area contributed by atoms with Gasteiger partial charge in [0.15, 0.2) is 0 Å². The second kappa shape index (κ2) is 7.09. The first-order valence-corrected chi connectivity index (χ1v) is 11.0. The SMILES string of the molecule is O=C(N1CCN(S(=O)(=O)Cc2ccccc2)CC1)C1(c2ccccc2)CC1. The third-order valence-corrected chi connectivity index (χ3v) is 7.45. The first-order chi connectivity index (χ1) is 13.0. The molecule has 1 saturated heterocycles. The van der Waals surface area contributed by atoms with Crippen molar-refractivity contribution in [1.29, 1.82) is 0 Å². The summed E-state index contributed by atoms with van der Waals surface area (Å²) in [6.07, 6.45) is 1.75. The van der Waals surface area contributed by atoms with Gasteiger partial charge >= 0.3 is 0 Å². The average Bonchev–Trinajstić information content (AvgIpc) is 3.51. The minimum absolute atomic E-state index is 0.00966. The van der Waals surface area contributed by atoms with Gasteiger partial charge in [-0.25, -0.2) is 8.42 Å². The van der Waals surface area contributed by atoms with Crippen LogP contribution in [0.4, 0.5) is 0 Å². The number of carbonyl (C=O) groups excluding carboxylic acids is 1. The maximum absolute atomic E-state index is 13.1. The monoisotopic (exact) mass is 384 g/mol. The van der Waals surface area contributed by atoms with Crippen molar-refractivity contribution in [3.8, 4) is 0 Å². The van der Waals surface area contributed by atoms with Crippen molar-refractivity contribution in [2.24, 2.45) is 0 Å². The lowest BCUT2D eigenvalue weighted by Crippen LogP contribution is -2.53. The zero-order valence-corrected chi connectivity index (χ0v) is 16.1. The summed E-state index contributed by atoms with van der Waals surface area (Å²) in [6, 6.07) is 19.2. The van der Waals surface area contributed by atoms with Crippen LogP contribution in [0.1, 0.15) is 24.0 Å². The van der Waals surface area contributed by atoms with Gasteiger partial charge in [-0.15, -0.1) is 0 Å². The van der Waals surface area contributed by atoms with Gasteiger partial charge in [0.2, 0.25) is 15.9 Å². The van der Waals surface area contributed by atoms with Crippen LogP contribution < -0.4 is 0 Å². The van der Waals surface area contributed by atoms with E-state index in [9.17, 15) is 13.2 Å². The topological polar surface area (TPSA) is 57.7 Å². The number of amides is 1. The Balaban J connectivity index is 1.40.